The molecule has 6 heteroatoms. The van der Waals surface area contributed by atoms with Gasteiger partial charge >= 0.3 is 17.9 Å². The van der Waals surface area contributed by atoms with Gasteiger partial charge in [-0.2, -0.15) is 0 Å². The highest BCUT2D eigenvalue weighted by molar-refractivity contribution is 5.71. The molecule has 0 bridgehead atoms. The van der Waals surface area contributed by atoms with Crippen LogP contribution in [0.5, 0.6) is 0 Å². The van der Waals surface area contributed by atoms with E-state index in [0.717, 1.165) is 109 Å². The summed E-state index contributed by atoms with van der Waals surface area (Å²) < 4.78 is 16.9. The minimum atomic E-state index is -0.780. The first-order valence-electron chi connectivity index (χ1n) is 30.4. The number of carbonyl (C=O) groups is 3. The molecule has 0 radical (unpaired) electrons. The van der Waals surface area contributed by atoms with Crippen LogP contribution in [0, 0.1) is 0 Å². The number of hydrogen-bond acceptors (Lipinski definition) is 6. The van der Waals surface area contributed by atoms with Crippen molar-refractivity contribution in [1.29, 1.82) is 0 Å². The van der Waals surface area contributed by atoms with Gasteiger partial charge in [-0.05, 0) is 89.9 Å². The van der Waals surface area contributed by atoms with Gasteiger partial charge in [0.2, 0.25) is 0 Å². The van der Waals surface area contributed by atoms with Crippen molar-refractivity contribution in [2.75, 3.05) is 13.2 Å². The Kier molecular flexibility index (Phi) is 56.8. The molecule has 0 rings (SSSR count). The molecule has 0 aromatic rings. The van der Waals surface area contributed by atoms with E-state index in [1.54, 1.807) is 0 Å². The van der Waals surface area contributed by atoms with E-state index in [9.17, 15) is 14.4 Å². The fraction of sp³-hybridized carbons (Fsp3) is 0.769. The Balaban J connectivity index is 4.30. The van der Waals surface area contributed by atoms with Crippen LogP contribution in [0.15, 0.2) is 72.9 Å². The standard InChI is InChI=1S/C65H114O6/c1-4-7-10-13-16-19-22-25-27-29-30-31-32-33-34-35-36-37-39-40-43-46-49-52-55-58-64(67)70-61-62(60-69-63(66)57-54-51-48-45-42-24-21-18-15-12-9-6-3)71-65(68)59-56-53-50-47-44-41-38-28-26-23-20-17-14-11-8-5-2/h7,10,16,19,25,27-28,30-31,33-34,38,62H,4-6,8-9,11-15,17-18,20-24,26,29,32,35-37,39-61H2,1-3H3/b10-7-,19-16-,27-25-,31-30-,34-33-,38-28-. The number of carbonyl (C=O) groups excluding carboxylic acids is 3. The maximum atomic E-state index is 12.9. The second-order valence-electron chi connectivity index (χ2n) is 20.2. The predicted molar refractivity (Wildman–Crippen MR) is 307 cm³/mol. The monoisotopic (exact) mass is 991 g/mol. The SMILES string of the molecule is CC/C=C\C/C=C\C/C=C\C/C=C\C/C=C\CCCCCCCCCCCC(=O)OCC(COC(=O)CCCCCCCCCCCCCC)OC(=O)CCCCCCC/C=C\CCCCCCCCC. The zero-order chi connectivity index (χ0) is 51.4. The van der Waals surface area contributed by atoms with Crippen LogP contribution in [0.25, 0.3) is 0 Å². The Bertz CT molecular complexity index is 1320. The van der Waals surface area contributed by atoms with Crippen molar-refractivity contribution in [3.8, 4) is 0 Å². The van der Waals surface area contributed by atoms with Crippen molar-refractivity contribution in [1.82, 2.24) is 0 Å². The lowest BCUT2D eigenvalue weighted by Gasteiger charge is -2.18. The van der Waals surface area contributed by atoms with Gasteiger partial charge in [0.25, 0.3) is 0 Å². The van der Waals surface area contributed by atoms with E-state index < -0.39 is 6.10 Å². The summed E-state index contributed by atoms with van der Waals surface area (Å²) in [6, 6.07) is 0. The largest absolute Gasteiger partial charge is 0.462 e. The first-order valence-corrected chi connectivity index (χ1v) is 30.4. The number of allylic oxidation sites excluding steroid dienone is 12. The van der Waals surface area contributed by atoms with Gasteiger partial charge in [0, 0.05) is 19.3 Å². The van der Waals surface area contributed by atoms with Crippen LogP contribution < -0.4 is 0 Å². The van der Waals surface area contributed by atoms with E-state index in [1.807, 2.05) is 0 Å². The van der Waals surface area contributed by atoms with Gasteiger partial charge in [-0.25, -0.2) is 0 Å². The zero-order valence-corrected chi connectivity index (χ0v) is 47.0. The fourth-order valence-corrected chi connectivity index (χ4v) is 8.64. The zero-order valence-electron chi connectivity index (χ0n) is 47.0. The van der Waals surface area contributed by atoms with Crippen LogP contribution in [0.1, 0.15) is 303 Å². The molecule has 71 heavy (non-hydrogen) atoms. The third-order valence-electron chi connectivity index (χ3n) is 13.2. The number of unbranched alkanes of at least 4 members (excludes halogenated alkanes) is 32. The molecule has 0 aromatic carbocycles. The Morgan fingerprint density at radius 1 is 0.296 bits per heavy atom. The van der Waals surface area contributed by atoms with Gasteiger partial charge in [0.15, 0.2) is 6.10 Å². The summed E-state index contributed by atoms with van der Waals surface area (Å²) >= 11 is 0. The summed E-state index contributed by atoms with van der Waals surface area (Å²) in [5.41, 5.74) is 0. The van der Waals surface area contributed by atoms with Gasteiger partial charge in [0.1, 0.15) is 13.2 Å². The first-order chi connectivity index (χ1) is 35.0. The fourth-order valence-electron chi connectivity index (χ4n) is 8.64. The molecule has 0 saturated heterocycles. The predicted octanol–water partition coefficient (Wildman–Crippen LogP) is 20.5. The average Bonchev–Trinajstić information content (AvgIpc) is 3.37. The van der Waals surface area contributed by atoms with Crippen molar-refractivity contribution < 1.29 is 28.6 Å². The molecular formula is C65H114O6. The van der Waals surface area contributed by atoms with E-state index >= 15 is 0 Å². The molecule has 410 valence electrons. The first kappa shape index (κ1) is 67.8. The summed E-state index contributed by atoms with van der Waals surface area (Å²) in [4.78, 5) is 38.2. The van der Waals surface area contributed by atoms with Crippen molar-refractivity contribution in [3.63, 3.8) is 0 Å². The van der Waals surface area contributed by atoms with Gasteiger partial charge in [0.05, 0.1) is 0 Å². The Hall–Kier alpha value is -3.15. The van der Waals surface area contributed by atoms with Crippen LogP contribution in [0.3, 0.4) is 0 Å². The van der Waals surface area contributed by atoms with Crippen LogP contribution in [-0.2, 0) is 28.6 Å². The number of esters is 3. The van der Waals surface area contributed by atoms with E-state index in [0.29, 0.717) is 19.3 Å². The molecule has 0 aliphatic carbocycles. The normalized spacial score (nSPS) is 12.5. The number of hydrogen-bond donors (Lipinski definition) is 0. The quantitative estimate of drug-likeness (QED) is 0.0261. The summed E-state index contributed by atoms with van der Waals surface area (Å²) in [5.74, 6) is -0.880. The highest BCUT2D eigenvalue weighted by Gasteiger charge is 2.19. The molecule has 0 fully saturated rings. The van der Waals surface area contributed by atoms with Crippen LogP contribution >= 0.6 is 0 Å². The molecule has 0 saturated carbocycles. The smallest absolute Gasteiger partial charge is 0.306 e. The van der Waals surface area contributed by atoms with Crippen molar-refractivity contribution in [2.24, 2.45) is 0 Å². The van der Waals surface area contributed by atoms with Crippen LogP contribution in [0.2, 0.25) is 0 Å². The highest BCUT2D eigenvalue weighted by Crippen LogP contribution is 2.16. The molecule has 0 aliphatic heterocycles. The van der Waals surface area contributed by atoms with Gasteiger partial charge < -0.3 is 14.2 Å². The Morgan fingerprint density at radius 2 is 0.549 bits per heavy atom. The Morgan fingerprint density at radius 3 is 0.873 bits per heavy atom. The van der Waals surface area contributed by atoms with Gasteiger partial charge in [-0.3, -0.25) is 14.4 Å². The number of ether oxygens (including phenoxy) is 3. The molecular weight excluding hydrogens is 877 g/mol. The molecule has 0 amide bonds. The summed E-state index contributed by atoms with van der Waals surface area (Å²) in [7, 11) is 0. The summed E-state index contributed by atoms with van der Waals surface area (Å²) in [5, 5.41) is 0. The van der Waals surface area contributed by atoms with Crippen molar-refractivity contribution in [3.05, 3.63) is 72.9 Å². The van der Waals surface area contributed by atoms with E-state index in [2.05, 4.69) is 93.7 Å². The summed E-state index contributed by atoms with van der Waals surface area (Å²) in [6.07, 6.45) is 76.1. The van der Waals surface area contributed by atoms with Crippen LogP contribution in [-0.4, -0.2) is 37.2 Å². The minimum Gasteiger partial charge on any atom is -0.462 e. The third kappa shape index (κ3) is 57.6. The Labute approximate surface area is 440 Å². The lowest BCUT2D eigenvalue weighted by molar-refractivity contribution is -0.167. The topological polar surface area (TPSA) is 78.9 Å². The molecule has 6 nitrogen and oxygen atoms in total. The van der Waals surface area contributed by atoms with E-state index in [-0.39, 0.29) is 31.1 Å². The van der Waals surface area contributed by atoms with Crippen molar-refractivity contribution in [2.45, 2.75) is 309 Å². The maximum Gasteiger partial charge on any atom is 0.306 e. The molecule has 0 aliphatic rings. The lowest BCUT2D eigenvalue weighted by Crippen LogP contribution is -2.30. The van der Waals surface area contributed by atoms with E-state index in [4.69, 9.17) is 14.2 Å². The van der Waals surface area contributed by atoms with Gasteiger partial charge in [-0.15, -0.1) is 0 Å². The average molecular weight is 992 g/mol. The molecule has 0 spiro atoms. The van der Waals surface area contributed by atoms with Gasteiger partial charge in [-0.1, -0.05) is 267 Å². The van der Waals surface area contributed by atoms with Crippen LogP contribution in [0.4, 0.5) is 0 Å². The molecule has 0 N–H and O–H groups in total. The molecule has 0 heterocycles. The number of rotatable bonds is 55. The molecule has 1 atom stereocenters. The second kappa shape index (κ2) is 59.4. The second-order valence-corrected chi connectivity index (χ2v) is 20.2. The maximum absolute atomic E-state index is 12.9. The lowest BCUT2D eigenvalue weighted by atomic mass is 10.0. The van der Waals surface area contributed by atoms with Crippen molar-refractivity contribution >= 4 is 17.9 Å². The third-order valence-corrected chi connectivity index (χ3v) is 13.2. The minimum absolute atomic E-state index is 0.0774. The van der Waals surface area contributed by atoms with E-state index in [1.165, 1.54) is 154 Å². The molecule has 0 aromatic heterocycles. The molecule has 1 unspecified atom stereocenters. The summed E-state index contributed by atoms with van der Waals surface area (Å²) in [6.45, 7) is 6.54. The highest BCUT2D eigenvalue weighted by atomic mass is 16.6.